The Morgan fingerprint density at radius 3 is 2.48 bits per heavy atom. The summed E-state index contributed by atoms with van der Waals surface area (Å²) >= 11 is 6.20. The molecule has 0 radical (unpaired) electrons. The van der Waals surface area contributed by atoms with E-state index in [0.717, 1.165) is 17.5 Å². The zero-order chi connectivity index (χ0) is 14.8. The summed E-state index contributed by atoms with van der Waals surface area (Å²) in [7, 11) is 0. The minimum atomic E-state index is 0.517. The van der Waals surface area contributed by atoms with Crippen LogP contribution in [-0.2, 0) is 0 Å². The minimum absolute atomic E-state index is 0.517. The lowest BCUT2D eigenvalue weighted by molar-refractivity contribution is 0.112. The summed E-state index contributed by atoms with van der Waals surface area (Å²) in [6.45, 7) is 2.03. The Bertz CT molecular complexity index is 791. The molecule has 0 bridgehead atoms. The highest BCUT2D eigenvalue weighted by molar-refractivity contribution is 6.33. The van der Waals surface area contributed by atoms with Gasteiger partial charge in [-0.3, -0.25) is 4.79 Å². The van der Waals surface area contributed by atoms with E-state index in [1.807, 2.05) is 49.4 Å². The molecule has 3 rings (SSSR count). The van der Waals surface area contributed by atoms with E-state index in [1.54, 1.807) is 16.9 Å². The van der Waals surface area contributed by atoms with Gasteiger partial charge < -0.3 is 0 Å². The monoisotopic (exact) mass is 296 g/mol. The molecule has 1 aromatic heterocycles. The number of halogens is 1. The van der Waals surface area contributed by atoms with Crippen LogP contribution in [0.5, 0.6) is 0 Å². The second-order valence-corrected chi connectivity index (χ2v) is 5.22. The number of aryl methyl sites for hydroxylation is 1. The third-order valence-corrected chi connectivity index (χ3v) is 3.63. The van der Waals surface area contributed by atoms with Crippen molar-refractivity contribution in [3.05, 3.63) is 70.9 Å². The Kier molecular flexibility index (Phi) is 3.59. The highest BCUT2D eigenvalue weighted by Gasteiger charge is 2.13. The number of rotatable bonds is 3. The molecule has 4 heteroatoms. The number of carbonyl (C=O) groups is 1. The summed E-state index contributed by atoms with van der Waals surface area (Å²) in [6.07, 6.45) is 2.52. The van der Waals surface area contributed by atoms with Crippen LogP contribution in [0, 0.1) is 6.92 Å². The van der Waals surface area contributed by atoms with Crippen molar-refractivity contribution in [3.63, 3.8) is 0 Å². The van der Waals surface area contributed by atoms with Crippen LogP contribution in [0.4, 0.5) is 0 Å². The van der Waals surface area contributed by atoms with Gasteiger partial charge in [-0.1, -0.05) is 47.5 Å². The molecule has 0 saturated heterocycles. The van der Waals surface area contributed by atoms with Crippen LogP contribution < -0.4 is 0 Å². The number of carbonyl (C=O) groups excluding carboxylic acids is 1. The second kappa shape index (κ2) is 5.54. The van der Waals surface area contributed by atoms with E-state index in [2.05, 4.69) is 5.10 Å². The largest absolute Gasteiger partial charge is 0.298 e. The molecule has 0 atom stereocenters. The Morgan fingerprint density at radius 2 is 1.81 bits per heavy atom. The van der Waals surface area contributed by atoms with Crippen molar-refractivity contribution in [1.29, 1.82) is 0 Å². The van der Waals surface area contributed by atoms with Crippen molar-refractivity contribution in [2.24, 2.45) is 0 Å². The van der Waals surface area contributed by atoms with Gasteiger partial charge in [0.05, 0.1) is 16.3 Å². The number of aldehydes is 1. The quantitative estimate of drug-likeness (QED) is 0.675. The first-order chi connectivity index (χ1) is 10.2. The molecule has 0 fully saturated rings. The van der Waals surface area contributed by atoms with E-state index >= 15 is 0 Å². The van der Waals surface area contributed by atoms with Gasteiger partial charge >= 0.3 is 0 Å². The Hall–Kier alpha value is -2.39. The summed E-state index contributed by atoms with van der Waals surface area (Å²) in [6, 6.07) is 15.3. The van der Waals surface area contributed by atoms with Crippen LogP contribution in [0.1, 0.15) is 15.9 Å². The smallest absolute Gasteiger partial charge is 0.153 e. The molecule has 2 aromatic carbocycles. The molecule has 0 amide bonds. The van der Waals surface area contributed by atoms with Gasteiger partial charge in [-0.05, 0) is 25.1 Å². The molecule has 3 aromatic rings. The van der Waals surface area contributed by atoms with Gasteiger partial charge in [0.25, 0.3) is 0 Å². The van der Waals surface area contributed by atoms with E-state index in [-0.39, 0.29) is 0 Å². The van der Waals surface area contributed by atoms with Crippen LogP contribution in [0.3, 0.4) is 0 Å². The summed E-state index contributed by atoms with van der Waals surface area (Å²) in [4.78, 5) is 11.3. The average molecular weight is 297 g/mol. The van der Waals surface area contributed by atoms with Gasteiger partial charge in [-0.2, -0.15) is 5.10 Å². The first-order valence-electron chi connectivity index (χ1n) is 6.56. The molecular weight excluding hydrogens is 284 g/mol. The van der Waals surface area contributed by atoms with Crippen molar-refractivity contribution in [2.75, 3.05) is 0 Å². The molecule has 0 spiro atoms. The SMILES string of the molecule is Cc1ccc(-n2cc(C=O)c(-c3ccccc3Cl)n2)cc1. The fraction of sp³-hybridized carbons (Fsp3) is 0.0588. The highest BCUT2D eigenvalue weighted by Crippen LogP contribution is 2.29. The average Bonchev–Trinajstić information content (AvgIpc) is 2.92. The Balaban J connectivity index is 2.13. The lowest BCUT2D eigenvalue weighted by Gasteiger charge is -2.02. The molecule has 104 valence electrons. The molecule has 0 aliphatic heterocycles. The van der Waals surface area contributed by atoms with Crippen LogP contribution in [0.15, 0.2) is 54.7 Å². The first kappa shape index (κ1) is 13.6. The molecule has 21 heavy (non-hydrogen) atoms. The predicted octanol–water partition coefficient (Wildman–Crippen LogP) is 4.31. The lowest BCUT2D eigenvalue weighted by Crippen LogP contribution is -1.94. The first-order valence-corrected chi connectivity index (χ1v) is 6.93. The molecule has 3 nitrogen and oxygen atoms in total. The van der Waals surface area contributed by atoms with Crippen LogP contribution in [0.25, 0.3) is 16.9 Å². The van der Waals surface area contributed by atoms with Crippen molar-refractivity contribution in [2.45, 2.75) is 6.92 Å². The highest BCUT2D eigenvalue weighted by atomic mass is 35.5. The Labute approximate surface area is 127 Å². The maximum absolute atomic E-state index is 11.3. The van der Waals surface area contributed by atoms with Crippen LogP contribution in [-0.4, -0.2) is 16.1 Å². The van der Waals surface area contributed by atoms with Gasteiger partial charge in [-0.25, -0.2) is 4.68 Å². The topological polar surface area (TPSA) is 34.9 Å². The van der Waals surface area contributed by atoms with Crippen molar-refractivity contribution in [1.82, 2.24) is 9.78 Å². The third kappa shape index (κ3) is 2.60. The fourth-order valence-corrected chi connectivity index (χ4v) is 2.39. The van der Waals surface area contributed by atoms with Gasteiger partial charge in [0, 0.05) is 11.8 Å². The van der Waals surface area contributed by atoms with E-state index in [9.17, 15) is 4.79 Å². The lowest BCUT2D eigenvalue weighted by atomic mass is 10.1. The zero-order valence-corrected chi connectivity index (χ0v) is 12.2. The normalized spacial score (nSPS) is 10.6. The summed E-state index contributed by atoms with van der Waals surface area (Å²) in [5, 5.41) is 5.09. The molecule has 0 N–H and O–H groups in total. The van der Waals surface area contributed by atoms with Gasteiger partial charge in [0.2, 0.25) is 0 Å². The van der Waals surface area contributed by atoms with Gasteiger partial charge in [-0.15, -0.1) is 0 Å². The van der Waals surface area contributed by atoms with E-state index < -0.39 is 0 Å². The maximum atomic E-state index is 11.3. The fourth-order valence-electron chi connectivity index (χ4n) is 2.17. The van der Waals surface area contributed by atoms with Crippen LogP contribution >= 0.6 is 11.6 Å². The van der Waals surface area contributed by atoms with Gasteiger partial charge in [0.1, 0.15) is 5.69 Å². The molecule has 0 saturated carbocycles. The second-order valence-electron chi connectivity index (χ2n) is 4.81. The summed E-state index contributed by atoms with van der Waals surface area (Å²) in [5.74, 6) is 0. The summed E-state index contributed by atoms with van der Waals surface area (Å²) < 4.78 is 1.70. The number of hydrogen-bond acceptors (Lipinski definition) is 2. The molecule has 0 aliphatic carbocycles. The number of benzene rings is 2. The standard InChI is InChI=1S/C17H13ClN2O/c1-12-6-8-14(9-7-12)20-10-13(11-21)17(19-20)15-4-2-3-5-16(15)18/h2-11H,1H3. The molecule has 1 heterocycles. The minimum Gasteiger partial charge on any atom is -0.298 e. The third-order valence-electron chi connectivity index (χ3n) is 3.30. The molecule has 0 aliphatic rings. The van der Waals surface area contributed by atoms with Crippen molar-refractivity contribution in [3.8, 4) is 16.9 Å². The molecule has 0 unspecified atom stereocenters. The van der Waals surface area contributed by atoms with Crippen molar-refractivity contribution >= 4 is 17.9 Å². The molecular formula is C17H13ClN2O. The number of nitrogens with zero attached hydrogens (tertiary/aromatic N) is 2. The van der Waals surface area contributed by atoms with Crippen molar-refractivity contribution < 1.29 is 4.79 Å². The van der Waals surface area contributed by atoms with Gasteiger partial charge in [0.15, 0.2) is 6.29 Å². The van der Waals surface area contributed by atoms with E-state index in [4.69, 9.17) is 11.6 Å². The zero-order valence-electron chi connectivity index (χ0n) is 11.5. The number of aromatic nitrogens is 2. The maximum Gasteiger partial charge on any atom is 0.153 e. The Morgan fingerprint density at radius 1 is 1.10 bits per heavy atom. The summed E-state index contributed by atoms with van der Waals surface area (Å²) in [5.41, 5.74) is 3.95. The van der Waals surface area contributed by atoms with Crippen LogP contribution in [0.2, 0.25) is 5.02 Å². The van der Waals surface area contributed by atoms with E-state index in [1.165, 1.54) is 5.56 Å². The van der Waals surface area contributed by atoms with E-state index in [0.29, 0.717) is 16.3 Å². The number of hydrogen-bond donors (Lipinski definition) is 0. The predicted molar refractivity (Wildman–Crippen MR) is 84.1 cm³/mol.